The molecule has 2 unspecified atom stereocenters. The highest BCUT2D eigenvalue weighted by molar-refractivity contribution is 5.16. The number of nitrogens with one attached hydrogen (secondary N) is 1. The van der Waals surface area contributed by atoms with Crippen LogP contribution in [0.2, 0.25) is 0 Å². The molecule has 0 aromatic heterocycles. The molecule has 2 nitrogen and oxygen atoms in total. The third-order valence-electron chi connectivity index (χ3n) is 3.94. The van der Waals surface area contributed by atoms with Crippen LogP contribution in [-0.2, 0) is 6.42 Å². The largest absolute Gasteiger partial charge is 0.401 e. The van der Waals surface area contributed by atoms with Crippen molar-refractivity contribution in [2.75, 3.05) is 19.6 Å². The molecule has 1 fully saturated rings. The van der Waals surface area contributed by atoms with E-state index in [0.717, 1.165) is 24.8 Å². The number of piperazine rings is 1. The van der Waals surface area contributed by atoms with Crippen LogP contribution in [0.4, 0.5) is 13.2 Å². The van der Waals surface area contributed by atoms with Gasteiger partial charge in [-0.3, -0.25) is 4.90 Å². The Morgan fingerprint density at radius 3 is 2.57 bits per heavy atom. The Morgan fingerprint density at radius 2 is 1.95 bits per heavy atom. The number of rotatable bonds is 5. The minimum Gasteiger partial charge on any atom is -0.311 e. The van der Waals surface area contributed by atoms with E-state index in [1.807, 2.05) is 37.3 Å². The van der Waals surface area contributed by atoms with Crippen molar-refractivity contribution in [3.05, 3.63) is 35.9 Å². The van der Waals surface area contributed by atoms with Crippen LogP contribution in [0.15, 0.2) is 30.3 Å². The highest BCUT2D eigenvalue weighted by Gasteiger charge is 2.36. The van der Waals surface area contributed by atoms with E-state index in [2.05, 4.69) is 5.32 Å². The molecule has 21 heavy (non-hydrogen) atoms. The van der Waals surface area contributed by atoms with E-state index in [-0.39, 0.29) is 12.1 Å². The molecule has 118 valence electrons. The molecule has 0 saturated carbocycles. The van der Waals surface area contributed by atoms with E-state index in [0.29, 0.717) is 13.1 Å². The van der Waals surface area contributed by atoms with Crippen molar-refractivity contribution >= 4 is 0 Å². The second kappa shape index (κ2) is 7.27. The van der Waals surface area contributed by atoms with E-state index >= 15 is 0 Å². The molecule has 0 bridgehead atoms. The maximum atomic E-state index is 12.7. The van der Waals surface area contributed by atoms with Gasteiger partial charge in [0.1, 0.15) is 0 Å². The van der Waals surface area contributed by atoms with Gasteiger partial charge in [-0.2, -0.15) is 13.2 Å². The molecule has 1 aromatic rings. The second-order valence-electron chi connectivity index (χ2n) is 5.78. The standard InChI is InChI=1S/C16H23F3N2/c1-2-6-15-10-20-14(9-13-7-4-3-5-8-13)11-21(15)12-16(17,18)19/h3-5,7-8,14-15,20H,2,6,9-12H2,1H3. The molecule has 2 atom stereocenters. The first-order valence-corrected chi connectivity index (χ1v) is 7.56. The molecular formula is C16H23F3N2. The maximum Gasteiger partial charge on any atom is 0.401 e. The van der Waals surface area contributed by atoms with Crippen molar-refractivity contribution in [1.29, 1.82) is 0 Å². The summed E-state index contributed by atoms with van der Waals surface area (Å²) < 4.78 is 38.2. The zero-order valence-electron chi connectivity index (χ0n) is 12.4. The first kappa shape index (κ1) is 16.3. The molecule has 1 N–H and O–H groups in total. The molecule has 1 aliphatic rings. The summed E-state index contributed by atoms with van der Waals surface area (Å²) in [4.78, 5) is 1.60. The summed E-state index contributed by atoms with van der Waals surface area (Å²) in [5.41, 5.74) is 1.16. The van der Waals surface area contributed by atoms with Crippen LogP contribution in [0.1, 0.15) is 25.3 Å². The molecule has 0 radical (unpaired) electrons. The Kier molecular flexibility index (Phi) is 5.65. The minimum atomic E-state index is -4.12. The van der Waals surface area contributed by atoms with Gasteiger partial charge in [0.25, 0.3) is 0 Å². The van der Waals surface area contributed by atoms with Crippen molar-refractivity contribution in [1.82, 2.24) is 10.2 Å². The van der Waals surface area contributed by atoms with E-state index in [1.165, 1.54) is 0 Å². The third-order valence-corrected chi connectivity index (χ3v) is 3.94. The highest BCUT2D eigenvalue weighted by Crippen LogP contribution is 2.22. The van der Waals surface area contributed by atoms with Crippen molar-refractivity contribution in [2.24, 2.45) is 0 Å². The van der Waals surface area contributed by atoms with Gasteiger partial charge in [0, 0.05) is 25.2 Å². The Bertz CT molecular complexity index is 419. The Labute approximate surface area is 124 Å². The van der Waals surface area contributed by atoms with Gasteiger partial charge in [0.15, 0.2) is 0 Å². The van der Waals surface area contributed by atoms with Crippen molar-refractivity contribution in [3.8, 4) is 0 Å². The normalized spacial score (nSPS) is 24.2. The van der Waals surface area contributed by atoms with Gasteiger partial charge in [-0.25, -0.2) is 0 Å². The molecule has 2 rings (SSSR count). The monoisotopic (exact) mass is 300 g/mol. The summed E-state index contributed by atoms with van der Waals surface area (Å²) in [7, 11) is 0. The van der Waals surface area contributed by atoms with Crippen LogP contribution in [0.25, 0.3) is 0 Å². The summed E-state index contributed by atoms with van der Waals surface area (Å²) in [6.07, 6.45) is -1.64. The van der Waals surface area contributed by atoms with Crippen molar-refractivity contribution < 1.29 is 13.2 Å². The SMILES string of the molecule is CCCC1CNC(Cc2ccccc2)CN1CC(F)(F)F. The fourth-order valence-corrected chi connectivity index (χ4v) is 3.01. The van der Waals surface area contributed by atoms with Crippen molar-refractivity contribution in [3.63, 3.8) is 0 Å². The molecule has 0 amide bonds. The molecule has 1 aromatic carbocycles. The molecule has 0 aliphatic carbocycles. The van der Waals surface area contributed by atoms with Gasteiger partial charge in [-0.1, -0.05) is 43.7 Å². The fraction of sp³-hybridized carbons (Fsp3) is 0.625. The maximum absolute atomic E-state index is 12.7. The van der Waals surface area contributed by atoms with Crippen LogP contribution < -0.4 is 5.32 Å². The van der Waals surface area contributed by atoms with Gasteiger partial charge < -0.3 is 5.32 Å². The molecule has 1 aliphatic heterocycles. The topological polar surface area (TPSA) is 15.3 Å². The molecule has 0 spiro atoms. The van der Waals surface area contributed by atoms with E-state index in [4.69, 9.17) is 0 Å². The number of hydrogen-bond donors (Lipinski definition) is 1. The predicted octanol–water partition coefficient (Wildman–Crippen LogP) is 3.23. The molecular weight excluding hydrogens is 277 g/mol. The average molecular weight is 300 g/mol. The van der Waals surface area contributed by atoms with Gasteiger partial charge >= 0.3 is 6.18 Å². The lowest BCUT2D eigenvalue weighted by Crippen LogP contribution is -2.58. The lowest BCUT2D eigenvalue weighted by Gasteiger charge is -2.40. The molecule has 5 heteroatoms. The zero-order chi connectivity index (χ0) is 15.3. The fourth-order valence-electron chi connectivity index (χ4n) is 3.01. The zero-order valence-corrected chi connectivity index (χ0v) is 12.4. The Hall–Kier alpha value is -1.07. The van der Waals surface area contributed by atoms with Gasteiger partial charge in [-0.05, 0) is 18.4 Å². The quantitative estimate of drug-likeness (QED) is 0.898. The molecule has 1 saturated heterocycles. The second-order valence-corrected chi connectivity index (χ2v) is 5.78. The number of alkyl halides is 3. The smallest absolute Gasteiger partial charge is 0.311 e. The lowest BCUT2D eigenvalue weighted by molar-refractivity contribution is -0.154. The summed E-state index contributed by atoms with van der Waals surface area (Å²) >= 11 is 0. The van der Waals surface area contributed by atoms with Gasteiger partial charge in [0.2, 0.25) is 0 Å². The van der Waals surface area contributed by atoms with E-state index in [1.54, 1.807) is 4.90 Å². The lowest BCUT2D eigenvalue weighted by atomic mass is 9.99. The van der Waals surface area contributed by atoms with Gasteiger partial charge in [-0.15, -0.1) is 0 Å². The summed E-state index contributed by atoms with van der Waals surface area (Å²) in [6.45, 7) is 2.31. The average Bonchev–Trinajstić information content (AvgIpc) is 2.41. The predicted molar refractivity (Wildman–Crippen MR) is 78.3 cm³/mol. The first-order chi connectivity index (χ1) is 9.98. The number of nitrogens with zero attached hydrogens (tertiary/aromatic N) is 1. The summed E-state index contributed by atoms with van der Waals surface area (Å²) in [5, 5.41) is 3.41. The van der Waals surface area contributed by atoms with Crippen LogP contribution in [0.5, 0.6) is 0 Å². The highest BCUT2D eigenvalue weighted by atomic mass is 19.4. The van der Waals surface area contributed by atoms with E-state index < -0.39 is 12.7 Å². The molecule has 1 heterocycles. The Balaban J connectivity index is 1.97. The minimum absolute atomic E-state index is 0.0105. The van der Waals surface area contributed by atoms with Gasteiger partial charge in [0.05, 0.1) is 6.54 Å². The number of benzene rings is 1. The van der Waals surface area contributed by atoms with Crippen LogP contribution in [0, 0.1) is 0 Å². The third kappa shape index (κ3) is 5.32. The first-order valence-electron chi connectivity index (χ1n) is 7.56. The van der Waals surface area contributed by atoms with E-state index in [9.17, 15) is 13.2 Å². The van der Waals surface area contributed by atoms with Crippen LogP contribution >= 0.6 is 0 Å². The Morgan fingerprint density at radius 1 is 1.24 bits per heavy atom. The van der Waals surface area contributed by atoms with Crippen LogP contribution in [0.3, 0.4) is 0 Å². The summed E-state index contributed by atoms with van der Waals surface area (Å²) in [5.74, 6) is 0. The summed E-state index contributed by atoms with van der Waals surface area (Å²) in [6, 6.07) is 10.00. The van der Waals surface area contributed by atoms with Crippen LogP contribution in [-0.4, -0.2) is 42.8 Å². The number of halogens is 3. The van der Waals surface area contributed by atoms with Crippen molar-refractivity contribution in [2.45, 2.75) is 44.4 Å². The number of hydrogen-bond acceptors (Lipinski definition) is 2.